The normalized spacial score (nSPS) is 10.9. The Bertz CT molecular complexity index is 502. The van der Waals surface area contributed by atoms with Gasteiger partial charge in [-0.25, -0.2) is 14.5 Å². The first-order chi connectivity index (χ1) is 7.61. The van der Waals surface area contributed by atoms with Crippen LogP contribution in [0.3, 0.4) is 0 Å². The van der Waals surface area contributed by atoms with Crippen LogP contribution in [0.25, 0.3) is 5.13 Å². The van der Waals surface area contributed by atoms with Crippen LogP contribution < -0.4 is 0 Å². The van der Waals surface area contributed by atoms with Gasteiger partial charge in [-0.1, -0.05) is 13.8 Å². The summed E-state index contributed by atoms with van der Waals surface area (Å²) < 4.78 is 1.60. The summed E-state index contributed by atoms with van der Waals surface area (Å²) in [5.74, 6) is -0.871. The van der Waals surface area contributed by atoms with Gasteiger partial charge in [-0.2, -0.15) is 5.10 Å². The molecule has 0 spiro atoms. The van der Waals surface area contributed by atoms with Crippen molar-refractivity contribution in [3.8, 4) is 5.13 Å². The zero-order chi connectivity index (χ0) is 11.7. The van der Waals surface area contributed by atoms with E-state index in [0.717, 1.165) is 0 Å². The van der Waals surface area contributed by atoms with Crippen molar-refractivity contribution in [1.82, 2.24) is 14.8 Å². The van der Waals surface area contributed by atoms with E-state index < -0.39 is 5.97 Å². The number of carbonyl (C=O) groups is 1. The molecule has 0 aliphatic rings. The molecule has 0 amide bonds. The zero-order valence-electron chi connectivity index (χ0n) is 8.91. The standard InChI is InChI=1S/C10H11N3O2S/c1-6(2)8-7(9(14)15)5-12-13(8)10-11-3-4-16-10/h3-6H,1-2H3,(H,14,15). The Balaban J connectivity index is 2.59. The minimum Gasteiger partial charge on any atom is -0.478 e. The molecule has 0 atom stereocenters. The lowest BCUT2D eigenvalue weighted by atomic mass is 10.1. The van der Waals surface area contributed by atoms with Crippen molar-refractivity contribution in [3.63, 3.8) is 0 Å². The third-order valence-corrected chi connectivity index (χ3v) is 2.93. The van der Waals surface area contributed by atoms with Gasteiger partial charge in [0.05, 0.1) is 11.9 Å². The number of carboxylic acids is 1. The fourth-order valence-electron chi connectivity index (χ4n) is 1.55. The van der Waals surface area contributed by atoms with Gasteiger partial charge in [-0.3, -0.25) is 0 Å². The van der Waals surface area contributed by atoms with Crippen LogP contribution in [-0.4, -0.2) is 25.8 Å². The van der Waals surface area contributed by atoms with Gasteiger partial charge in [0.25, 0.3) is 0 Å². The van der Waals surface area contributed by atoms with Crippen LogP contribution in [-0.2, 0) is 0 Å². The molecule has 2 aromatic rings. The highest BCUT2D eigenvalue weighted by molar-refractivity contribution is 7.12. The van der Waals surface area contributed by atoms with E-state index in [9.17, 15) is 4.79 Å². The maximum Gasteiger partial charge on any atom is 0.339 e. The Hall–Kier alpha value is -1.69. The number of aromatic nitrogens is 3. The Labute approximate surface area is 96.4 Å². The Morgan fingerprint density at radius 1 is 1.56 bits per heavy atom. The number of carboxylic acid groups (broad SMARTS) is 1. The van der Waals surface area contributed by atoms with Crippen LogP contribution in [0.2, 0.25) is 0 Å². The highest BCUT2D eigenvalue weighted by Gasteiger charge is 2.20. The van der Waals surface area contributed by atoms with Crippen LogP contribution in [0.1, 0.15) is 35.8 Å². The Kier molecular flexibility index (Phi) is 2.74. The number of hydrogen-bond acceptors (Lipinski definition) is 4. The van der Waals surface area contributed by atoms with Gasteiger partial charge < -0.3 is 5.11 Å². The summed E-state index contributed by atoms with van der Waals surface area (Å²) >= 11 is 1.43. The molecule has 0 saturated heterocycles. The van der Waals surface area contributed by atoms with Gasteiger partial charge in [0.2, 0.25) is 5.13 Å². The second kappa shape index (κ2) is 4.05. The number of hydrogen-bond donors (Lipinski definition) is 1. The molecule has 0 bridgehead atoms. The average molecular weight is 237 g/mol. The predicted octanol–water partition coefficient (Wildman–Crippen LogP) is 2.15. The number of rotatable bonds is 3. The van der Waals surface area contributed by atoms with Crippen LogP contribution in [0.15, 0.2) is 17.8 Å². The lowest BCUT2D eigenvalue weighted by Crippen LogP contribution is -2.07. The monoisotopic (exact) mass is 237 g/mol. The lowest BCUT2D eigenvalue weighted by Gasteiger charge is -2.08. The topological polar surface area (TPSA) is 68.0 Å². The van der Waals surface area contributed by atoms with E-state index in [0.29, 0.717) is 10.8 Å². The van der Waals surface area contributed by atoms with E-state index in [1.807, 2.05) is 19.2 Å². The van der Waals surface area contributed by atoms with Crippen LogP contribution in [0.5, 0.6) is 0 Å². The summed E-state index contributed by atoms with van der Waals surface area (Å²) in [6.45, 7) is 3.88. The van der Waals surface area contributed by atoms with Gasteiger partial charge >= 0.3 is 5.97 Å². The molecule has 2 aromatic heterocycles. The third kappa shape index (κ3) is 1.71. The van der Waals surface area contributed by atoms with Crippen molar-refractivity contribution in [1.29, 1.82) is 0 Å². The minimum atomic E-state index is -0.952. The smallest absolute Gasteiger partial charge is 0.339 e. The molecule has 0 aliphatic heterocycles. The molecule has 6 heteroatoms. The molecule has 5 nitrogen and oxygen atoms in total. The molecular formula is C10H11N3O2S. The average Bonchev–Trinajstić information content (AvgIpc) is 2.85. The first-order valence-corrected chi connectivity index (χ1v) is 5.70. The first kappa shape index (κ1) is 10.8. The fourth-order valence-corrected chi connectivity index (χ4v) is 2.16. The van der Waals surface area contributed by atoms with Gasteiger partial charge in [-0.05, 0) is 5.92 Å². The quantitative estimate of drug-likeness (QED) is 0.888. The third-order valence-electron chi connectivity index (χ3n) is 2.18. The summed E-state index contributed by atoms with van der Waals surface area (Å²) in [5, 5.41) is 15.7. The van der Waals surface area contributed by atoms with Crippen molar-refractivity contribution in [3.05, 3.63) is 29.0 Å². The molecule has 2 rings (SSSR count). The van der Waals surface area contributed by atoms with E-state index in [2.05, 4.69) is 10.1 Å². The Morgan fingerprint density at radius 3 is 2.81 bits per heavy atom. The van der Waals surface area contributed by atoms with E-state index in [1.165, 1.54) is 17.5 Å². The van der Waals surface area contributed by atoms with Gasteiger partial charge in [0.15, 0.2) is 0 Å². The van der Waals surface area contributed by atoms with Crippen molar-refractivity contribution >= 4 is 17.3 Å². The van der Waals surface area contributed by atoms with Crippen molar-refractivity contribution in [2.75, 3.05) is 0 Å². The highest BCUT2D eigenvalue weighted by Crippen LogP contribution is 2.23. The SMILES string of the molecule is CC(C)c1c(C(=O)O)cnn1-c1nccs1. The van der Waals surface area contributed by atoms with Crippen molar-refractivity contribution in [2.24, 2.45) is 0 Å². The second-order valence-corrected chi connectivity index (χ2v) is 4.50. The Morgan fingerprint density at radius 2 is 2.31 bits per heavy atom. The number of nitrogens with zero attached hydrogens (tertiary/aromatic N) is 3. The maximum absolute atomic E-state index is 11.0. The van der Waals surface area contributed by atoms with E-state index in [-0.39, 0.29) is 11.5 Å². The molecule has 0 radical (unpaired) electrons. The fraction of sp³-hybridized carbons (Fsp3) is 0.300. The predicted molar refractivity (Wildman–Crippen MR) is 60.3 cm³/mol. The largest absolute Gasteiger partial charge is 0.478 e. The van der Waals surface area contributed by atoms with Crippen LogP contribution in [0, 0.1) is 0 Å². The lowest BCUT2D eigenvalue weighted by molar-refractivity contribution is 0.0695. The van der Waals surface area contributed by atoms with Crippen LogP contribution >= 0.6 is 11.3 Å². The van der Waals surface area contributed by atoms with Gasteiger partial charge in [-0.15, -0.1) is 11.3 Å². The molecule has 84 valence electrons. The summed E-state index contributed by atoms with van der Waals surface area (Å²) in [4.78, 5) is 15.2. The summed E-state index contributed by atoms with van der Waals surface area (Å²) in [6.07, 6.45) is 3.05. The molecule has 0 unspecified atom stereocenters. The second-order valence-electron chi connectivity index (χ2n) is 3.63. The molecule has 0 aliphatic carbocycles. The summed E-state index contributed by atoms with van der Waals surface area (Å²) in [7, 11) is 0. The molecule has 0 fully saturated rings. The van der Waals surface area contributed by atoms with Crippen LogP contribution in [0.4, 0.5) is 0 Å². The number of aromatic carboxylic acids is 1. The summed E-state index contributed by atoms with van der Waals surface area (Å²) in [6, 6.07) is 0. The molecule has 2 heterocycles. The highest BCUT2D eigenvalue weighted by atomic mass is 32.1. The molecule has 16 heavy (non-hydrogen) atoms. The van der Waals surface area contributed by atoms with E-state index >= 15 is 0 Å². The molecule has 0 aromatic carbocycles. The minimum absolute atomic E-state index is 0.0810. The number of thiazole rings is 1. The summed E-state index contributed by atoms with van der Waals surface area (Å²) in [5.41, 5.74) is 0.924. The zero-order valence-corrected chi connectivity index (χ0v) is 9.73. The molecule has 0 saturated carbocycles. The van der Waals surface area contributed by atoms with Gasteiger partial charge in [0, 0.05) is 11.6 Å². The van der Waals surface area contributed by atoms with Gasteiger partial charge in [0.1, 0.15) is 5.56 Å². The molecule has 1 N–H and O–H groups in total. The van der Waals surface area contributed by atoms with Crippen molar-refractivity contribution in [2.45, 2.75) is 19.8 Å². The van der Waals surface area contributed by atoms with E-state index in [1.54, 1.807) is 10.9 Å². The first-order valence-electron chi connectivity index (χ1n) is 4.82. The molecular weight excluding hydrogens is 226 g/mol. The van der Waals surface area contributed by atoms with Crippen molar-refractivity contribution < 1.29 is 9.90 Å². The van der Waals surface area contributed by atoms with E-state index in [4.69, 9.17) is 5.11 Å². The maximum atomic E-state index is 11.0.